The zero-order valence-corrected chi connectivity index (χ0v) is 11.2. The molecule has 18 heavy (non-hydrogen) atoms. The molecule has 5 heteroatoms. The number of likely N-dealkylation sites (tertiary alicyclic amines) is 1. The van der Waals surface area contributed by atoms with Crippen LogP contribution in [0.2, 0.25) is 0 Å². The average molecular weight is 250 g/mol. The van der Waals surface area contributed by atoms with Gasteiger partial charge in [0.25, 0.3) is 5.91 Å². The molecule has 0 radical (unpaired) electrons. The minimum Gasteiger partial charge on any atom is -0.334 e. The molecule has 1 atom stereocenters. The van der Waals surface area contributed by atoms with Crippen LogP contribution >= 0.6 is 0 Å². The number of amides is 1. The van der Waals surface area contributed by atoms with Crippen LogP contribution in [0.4, 0.5) is 0 Å². The summed E-state index contributed by atoms with van der Waals surface area (Å²) in [6, 6.07) is 2.22. The maximum absolute atomic E-state index is 12.5. The van der Waals surface area contributed by atoms with Gasteiger partial charge < -0.3 is 10.6 Å². The molecule has 1 amide bonds. The number of aryl methyl sites for hydroxylation is 2. The van der Waals surface area contributed by atoms with Crippen LogP contribution in [-0.4, -0.2) is 39.7 Å². The number of carbonyl (C=O) groups excluding carboxylic acids is 1. The van der Waals surface area contributed by atoms with Gasteiger partial charge in [0, 0.05) is 19.6 Å². The van der Waals surface area contributed by atoms with Crippen LogP contribution in [0.15, 0.2) is 6.07 Å². The van der Waals surface area contributed by atoms with E-state index in [0.717, 1.165) is 37.9 Å². The van der Waals surface area contributed by atoms with Gasteiger partial charge in [-0.3, -0.25) is 9.48 Å². The lowest BCUT2D eigenvalue weighted by atomic mass is 10.1. The van der Waals surface area contributed by atoms with Gasteiger partial charge in [-0.1, -0.05) is 0 Å². The smallest absolute Gasteiger partial charge is 0.272 e. The second-order valence-corrected chi connectivity index (χ2v) is 5.02. The average Bonchev–Trinajstić information content (AvgIpc) is 2.92. The van der Waals surface area contributed by atoms with Crippen molar-refractivity contribution < 1.29 is 4.79 Å². The van der Waals surface area contributed by atoms with Crippen molar-refractivity contribution >= 4 is 5.91 Å². The van der Waals surface area contributed by atoms with Gasteiger partial charge in [0.15, 0.2) is 0 Å². The number of nitrogens with two attached hydrogens (primary N) is 1. The fourth-order valence-electron chi connectivity index (χ4n) is 2.71. The lowest BCUT2D eigenvalue weighted by molar-refractivity contribution is 0.0718. The minimum absolute atomic E-state index is 0.109. The van der Waals surface area contributed by atoms with Crippen LogP contribution in [0.5, 0.6) is 0 Å². The highest BCUT2D eigenvalue weighted by Crippen LogP contribution is 2.23. The molecule has 2 rings (SSSR count). The van der Waals surface area contributed by atoms with E-state index in [1.165, 1.54) is 0 Å². The number of carbonyl (C=O) groups is 1. The Morgan fingerprint density at radius 3 is 3.00 bits per heavy atom. The van der Waals surface area contributed by atoms with Crippen LogP contribution in [-0.2, 0) is 7.05 Å². The van der Waals surface area contributed by atoms with Crippen molar-refractivity contribution in [2.24, 2.45) is 12.8 Å². The van der Waals surface area contributed by atoms with Gasteiger partial charge in [-0.05, 0) is 45.2 Å². The Balaban J connectivity index is 2.10. The summed E-state index contributed by atoms with van der Waals surface area (Å²) >= 11 is 0. The summed E-state index contributed by atoms with van der Waals surface area (Å²) < 4.78 is 1.68. The van der Waals surface area contributed by atoms with E-state index >= 15 is 0 Å². The Kier molecular flexibility index (Phi) is 4.01. The molecule has 1 aliphatic rings. The molecule has 0 bridgehead atoms. The highest BCUT2D eigenvalue weighted by Gasteiger charge is 2.30. The number of hydrogen-bond donors (Lipinski definition) is 1. The van der Waals surface area contributed by atoms with Crippen LogP contribution in [0, 0.1) is 6.92 Å². The molecule has 100 valence electrons. The molecule has 5 nitrogen and oxygen atoms in total. The van der Waals surface area contributed by atoms with Gasteiger partial charge in [-0.15, -0.1) is 0 Å². The van der Waals surface area contributed by atoms with Crippen LogP contribution in [0.25, 0.3) is 0 Å². The van der Waals surface area contributed by atoms with Crippen molar-refractivity contribution in [1.82, 2.24) is 14.7 Å². The minimum atomic E-state index is 0.109. The molecule has 2 heterocycles. The van der Waals surface area contributed by atoms with E-state index in [2.05, 4.69) is 5.10 Å². The number of nitrogens with zero attached hydrogens (tertiary/aromatic N) is 3. The van der Waals surface area contributed by atoms with E-state index in [4.69, 9.17) is 5.73 Å². The van der Waals surface area contributed by atoms with Crippen LogP contribution in [0.1, 0.15) is 41.9 Å². The summed E-state index contributed by atoms with van der Waals surface area (Å²) in [5, 5.41) is 4.24. The Morgan fingerprint density at radius 2 is 2.39 bits per heavy atom. The largest absolute Gasteiger partial charge is 0.334 e. The van der Waals surface area contributed by atoms with Crippen molar-refractivity contribution in [3.63, 3.8) is 0 Å². The third-order valence-corrected chi connectivity index (χ3v) is 3.60. The Morgan fingerprint density at radius 1 is 1.61 bits per heavy atom. The number of aromatic nitrogens is 2. The molecule has 1 aliphatic heterocycles. The fraction of sp³-hybridized carbons (Fsp3) is 0.692. The SMILES string of the molecule is Cc1cc(C(=O)N2CCCC2CCCN)n(C)n1. The van der Waals surface area contributed by atoms with Gasteiger partial charge in [0.1, 0.15) is 5.69 Å². The summed E-state index contributed by atoms with van der Waals surface area (Å²) in [5.74, 6) is 0.109. The van der Waals surface area contributed by atoms with E-state index in [-0.39, 0.29) is 5.91 Å². The Bertz CT molecular complexity index is 427. The van der Waals surface area contributed by atoms with E-state index in [1.807, 2.05) is 24.9 Å². The molecular formula is C13H22N4O. The molecule has 0 aromatic carbocycles. The molecule has 0 aliphatic carbocycles. The maximum atomic E-state index is 12.5. The first kappa shape index (κ1) is 13.1. The summed E-state index contributed by atoms with van der Waals surface area (Å²) in [7, 11) is 1.82. The van der Waals surface area contributed by atoms with Crippen LogP contribution in [0.3, 0.4) is 0 Å². The lowest BCUT2D eigenvalue weighted by Crippen LogP contribution is -2.36. The van der Waals surface area contributed by atoms with Gasteiger partial charge >= 0.3 is 0 Å². The third kappa shape index (κ3) is 2.56. The first-order valence-corrected chi connectivity index (χ1v) is 6.65. The van der Waals surface area contributed by atoms with Crippen molar-refractivity contribution in [3.8, 4) is 0 Å². The van der Waals surface area contributed by atoms with Crippen molar-refractivity contribution in [3.05, 3.63) is 17.5 Å². The monoisotopic (exact) mass is 250 g/mol. The fourth-order valence-corrected chi connectivity index (χ4v) is 2.71. The molecule has 1 aromatic rings. The highest BCUT2D eigenvalue weighted by atomic mass is 16.2. The molecule has 1 saturated heterocycles. The number of rotatable bonds is 4. The second kappa shape index (κ2) is 5.52. The van der Waals surface area contributed by atoms with Crippen molar-refractivity contribution in [2.75, 3.05) is 13.1 Å². The molecule has 0 spiro atoms. The van der Waals surface area contributed by atoms with Gasteiger partial charge in [-0.25, -0.2) is 0 Å². The summed E-state index contributed by atoms with van der Waals surface area (Å²) in [5.41, 5.74) is 7.12. The predicted molar refractivity (Wildman–Crippen MR) is 70.3 cm³/mol. The first-order valence-electron chi connectivity index (χ1n) is 6.65. The molecular weight excluding hydrogens is 228 g/mol. The first-order chi connectivity index (χ1) is 8.63. The van der Waals surface area contributed by atoms with E-state index in [9.17, 15) is 4.79 Å². The number of hydrogen-bond acceptors (Lipinski definition) is 3. The zero-order valence-electron chi connectivity index (χ0n) is 11.2. The second-order valence-electron chi connectivity index (χ2n) is 5.02. The molecule has 2 N–H and O–H groups in total. The molecule has 1 aromatic heterocycles. The Hall–Kier alpha value is -1.36. The van der Waals surface area contributed by atoms with E-state index < -0.39 is 0 Å². The molecule has 1 unspecified atom stereocenters. The topological polar surface area (TPSA) is 64.2 Å². The van der Waals surface area contributed by atoms with E-state index in [0.29, 0.717) is 18.3 Å². The van der Waals surface area contributed by atoms with Crippen LogP contribution < -0.4 is 5.73 Å². The van der Waals surface area contributed by atoms with Gasteiger partial charge in [0.05, 0.1) is 5.69 Å². The summed E-state index contributed by atoms with van der Waals surface area (Å²) in [6.45, 7) is 3.47. The highest BCUT2D eigenvalue weighted by molar-refractivity contribution is 5.93. The molecule has 1 fully saturated rings. The third-order valence-electron chi connectivity index (χ3n) is 3.60. The predicted octanol–water partition coefficient (Wildman–Crippen LogP) is 1.07. The van der Waals surface area contributed by atoms with Gasteiger partial charge in [-0.2, -0.15) is 5.10 Å². The normalized spacial score (nSPS) is 19.5. The maximum Gasteiger partial charge on any atom is 0.272 e. The molecule has 0 saturated carbocycles. The Labute approximate surface area is 108 Å². The lowest BCUT2D eigenvalue weighted by Gasteiger charge is -2.24. The summed E-state index contributed by atoms with van der Waals surface area (Å²) in [6.07, 6.45) is 4.19. The van der Waals surface area contributed by atoms with Crippen molar-refractivity contribution in [1.29, 1.82) is 0 Å². The van der Waals surface area contributed by atoms with E-state index in [1.54, 1.807) is 4.68 Å². The quantitative estimate of drug-likeness (QED) is 0.869. The summed E-state index contributed by atoms with van der Waals surface area (Å²) in [4.78, 5) is 14.5. The van der Waals surface area contributed by atoms with Crippen molar-refractivity contribution in [2.45, 2.75) is 38.6 Å². The van der Waals surface area contributed by atoms with Gasteiger partial charge in [0.2, 0.25) is 0 Å². The zero-order chi connectivity index (χ0) is 13.1. The standard InChI is InChI=1S/C13H22N4O/c1-10-9-12(16(2)15-10)13(18)17-8-4-6-11(17)5-3-7-14/h9,11H,3-8,14H2,1-2H3.